The van der Waals surface area contributed by atoms with Crippen LogP contribution in [0, 0.1) is 0 Å². The first-order valence-electron chi connectivity index (χ1n) is 6.15. The summed E-state index contributed by atoms with van der Waals surface area (Å²) < 4.78 is 6.81. The lowest BCUT2D eigenvalue weighted by molar-refractivity contribution is -0.118. The molecule has 0 saturated carbocycles. The molecule has 0 bridgehead atoms. The number of amides is 1. The zero-order valence-electron chi connectivity index (χ0n) is 11.2. The Morgan fingerprint density at radius 2 is 2.40 bits per heavy atom. The lowest BCUT2D eigenvalue weighted by Crippen LogP contribution is -2.28. The van der Waals surface area contributed by atoms with E-state index in [4.69, 9.17) is 4.74 Å². The van der Waals surface area contributed by atoms with Gasteiger partial charge in [0.25, 0.3) is 0 Å². The first kappa shape index (κ1) is 14.4. The number of carbonyl (C=O) groups is 1. The molecule has 7 heteroatoms. The quantitative estimate of drug-likeness (QED) is 0.776. The number of carbonyl (C=O) groups excluding carboxylic acids is 1. The molecule has 1 aromatic carbocycles. The summed E-state index contributed by atoms with van der Waals surface area (Å²) in [7, 11) is 1.63. The van der Waals surface area contributed by atoms with Gasteiger partial charge in [-0.1, -0.05) is 11.3 Å². The summed E-state index contributed by atoms with van der Waals surface area (Å²) in [5.41, 5.74) is 0. The minimum Gasteiger partial charge on any atom is -0.497 e. The molecule has 1 N–H and O–H groups in total. The predicted octanol–water partition coefficient (Wildman–Crippen LogP) is 1.20. The second kappa shape index (κ2) is 7.54. The molecule has 0 aliphatic carbocycles. The molecular weight excluding hydrogens is 276 g/mol. The zero-order chi connectivity index (χ0) is 14.2. The van der Waals surface area contributed by atoms with Gasteiger partial charge >= 0.3 is 0 Å². The van der Waals surface area contributed by atoms with Gasteiger partial charge in [-0.25, -0.2) is 0 Å². The van der Waals surface area contributed by atoms with Crippen LogP contribution in [0.3, 0.4) is 0 Å². The largest absolute Gasteiger partial charge is 0.497 e. The second-order valence-corrected chi connectivity index (χ2v) is 5.03. The van der Waals surface area contributed by atoms with E-state index in [2.05, 4.69) is 15.6 Å². The number of hydrogen-bond acceptors (Lipinski definition) is 5. The smallest absolute Gasteiger partial charge is 0.230 e. The van der Waals surface area contributed by atoms with Crippen LogP contribution in [0.4, 0.5) is 0 Å². The fourth-order valence-corrected chi connectivity index (χ4v) is 2.33. The van der Waals surface area contributed by atoms with Crippen molar-refractivity contribution in [2.24, 2.45) is 0 Å². The van der Waals surface area contributed by atoms with Crippen LogP contribution in [0.15, 0.2) is 41.6 Å². The summed E-state index contributed by atoms with van der Waals surface area (Å²) in [6.45, 7) is 1.16. The highest BCUT2D eigenvalue weighted by Gasteiger charge is 2.03. The van der Waals surface area contributed by atoms with Gasteiger partial charge < -0.3 is 10.1 Å². The molecule has 1 amide bonds. The molecule has 0 aliphatic rings. The standard InChI is InChI=1S/C13H16N4O2S/c1-19-11-3-2-4-12(9-11)20-10-13(18)14-5-7-17-8-6-15-16-17/h2-4,6,8-9H,5,7,10H2,1H3,(H,14,18). The van der Waals surface area contributed by atoms with E-state index in [1.54, 1.807) is 24.2 Å². The Morgan fingerprint density at radius 3 is 3.15 bits per heavy atom. The average molecular weight is 292 g/mol. The summed E-state index contributed by atoms with van der Waals surface area (Å²) in [5.74, 6) is 1.17. The fourth-order valence-electron chi connectivity index (χ4n) is 1.55. The summed E-state index contributed by atoms with van der Waals surface area (Å²) in [5, 5.41) is 10.4. The maximum atomic E-state index is 11.7. The summed E-state index contributed by atoms with van der Waals surface area (Å²) in [6.07, 6.45) is 3.37. The average Bonchev–Trinajstić information content (AvgIpc) is 2.98. The number of nitrogens with zero attached hydrogens (tertiary/aromatic N) is 3. The van der Waals surface area contributed by atoms with Crippen molar-refractivity contribution in [3.63, 3.8) is 0 Å². The third-order valence-electron chi connectivity index (χ3n) is 2.55. The Labute approximate surface area is 121 Å². The van der Waals surface area contributed by atoms with Gasteiger partial charge in [0.15, 0.2) is 0 Å². The van der Waals surface area contributed by atoms with Crippen LogP contribution in [0.1, 0.15) is 0 Å². The van der Waals surface area contributed by atoms with Gasteiger partial charge in [-0.3, -0.25) is 9.48 Å². The van der Waals surface area contributed by atoms with Crippen LogP contribution in [-0.2, 0) is 11.3 Å². The lowest BCUT2D eigenvalue weighted by Gasteiger charge is -2.06. The maximum Gasteiger partial charge on any atom is 0.230 e. The Morgan fingerprint density at radius 1 is 1.50 bits per heavy atom. The van der Waals surface area contributed by atoms with Crippen LogP contribution < -0.4 is 10.1 Å². The molecule has 0 radical (unpaired) electrons. The Hall–Kier alpha value is -2.02. The monoisotopic (exact) mass is 292 g/mol. The van der Waals surface area contributed by atoms with Gasteiger partial charge in [-0.2, -0.15) is 0 Å². The van der Waals surface area contributed by atoms with E-state index < -0.39 is 0 Å². The van der Waals surface area contributed by atoms with Gasteiger partial charge in [0.05, 0.1) is 25.6 Å². The van der Waals surface area contributed by atoms with Crippen molar-refractivity contribution in [3.8, 4) is 5.75 Å². The van der Waals surface area contributed by atoms with Crippen molar-refractivity contribution in [1.29, 1.82) is 0 Å². The van der Waals surface area contributed by atoms with E-state index >= 15 is 0 Å². The van der Waals surface area contributed by atoms with Crippen LogP contribution in [0.2, 0.25) is 0 Å². The molecule has 1 heterocycles. The molecule has 2 aromatic rings. The van der Waals surface area contributed by atoms with Crippen molar-refractivity contribution in [3.05, 3.63) is 36.7 Å². The highest BCUT2D eigenvalue weighted by Crippen LogP contribution is 2.22. The Balaban J connectivity index is 1.69. The van der Waals surface area contributed by atoms with E-state index in [0.29, 0.717) is 18.8 Å². The van der Waals surface area contributed by atoms with Gasteiger partial charge in [-0.15, -0.1) is 16.9 Å². The Kier molecular flexibility index (Phi) is 5.43. The fraction of sp³-hybridized carbons (Fsp3) is 0.308. The van der Waals surface area contributed by atoms with E-state index in [1.165, 1.54) is 11.8 Å². The number of ether oxygens (including phenoxy) is 1. The van der Waals surface area contributed by atoms with E-state index in [0.717, 1.165) is 10.6 Å². The SMILES string of the molecule is COc1cccc(SCC(=O)NCCn2ccnn2)c1. The first-order chi connectivity index (χ1) is 9.78. The minimum atomic E-state index is -0.00191. The first-order valence-corrected chi connectivity index (χ1v) is 7.14. The molecule has 1 aromatic heterocycles. The maximum absolute atomic E-state index is 11.7. The number of rotatable bonds is 7. The van der Waals surface area contributed by atoms with Crippen molar-refractivity contribution >= 4 is 17.7 Å². The summed E-state index contributed by atoms with van der Waals surface area (Å²) in [6, 6.07) is 7.65. The van der Waals surface area contributed by atoms with Gasteiger partial charge in [0.2, 0.25) is 5.91 Å². The summed E-state index contributed by atoms with van der Waals surface area (Å²) in [4.78, 5) is 12.7. The molecule has 0 spiro atoms. The lowest BCUT2D eigenvalue weighted by atomic mass is 10.3. The molecule has 2 rings (SSSR count). The van der Waals surface area contributed by atoms with Crippen LogP contribution in [0.5, 0.6) is 5.75 Å². The van der Waals surface area contributed by atoms with Crippen LogP contribution in [0.25, 0.3) is 0 Å². The Bertz CT molecular complexity index is 545. The van der Waals surface area contributed by atoms with Crippen molar-refractivity contribution in [2.75, 3.05) is 19.4 Å². The highest BCUT2D eigenvalue weighted by atomic mass is 32.2. The molecule has 106 valence electrons. The van der Waals surface area contributed by atoms with Gasteiger partial charge in [-0.05, 0) is 18.2 Å². The zero-order valence-corrected chi connectivity index (χ0v) is 12.0. The normalized spacial score (nSPS) is 10.2. The van der Waals surface area contributed by atoms with E-state index in [1.807, 2.05) is 24.3 Å². The van der Waals surface area contributed by atoms with Crippen molar-refractivity contribution in [2.45, 2.75) is 11.4 Å². The highest BCUT2D eigenvalue weighted by molar-refractivity contribution is 8.00. The van der Waals surface area contributed by atoms with E-state index in [-0.39, 0.29) is 5.91 Å². The van der Waals surface area contributed by atoms with Crippen LogP contribution in [-0.4, -0.2) is 40.3 Å². The topological polar surface area (TPSA) is 69.0 Å². The molecule has 6 nitrogen and oxygen atoms in total. The number of hydrogen-bond donors (Lipinski definition) is 1. The van der Waals surface area contributed by atoms with Gasteiger partial charge in [0.1, 0.15) is 5.75 Å². The summed E-state index contributed by atoms with van der Waals surface area (Å²) >= 11 is 1.48. The number of nitrogens with one attached hydrogen (secondary N) is 1. The molecule has 0 atom stereocenters. The third-order valence-corrected chi connectivity index (χ3v) is 3.54. The molecule has 20 heavy (non-hydrogen) atoms. The predicted molar refractivity (Wildman–Crippen MR) is 76.7 cm³/mol. The number of aromatic nitrogens is 3. The van der Waals surface area contributed by atoms with Gasteiger partial charge in [0, 0.05) is 17.6 Å². The van der Waals surface area contributed by atoms with Crippen molar-refractivity contribution in [1.82, 2.24) is 20.3 Å². The number of thioether (sulfide) groups is 1. The van der Waals surface area contributed by atoms with Crippen molar-refractivity contribution < 1.29 is 9.53 Å². The van der Waals surface area contributed by atoms with E-state index in [9.17, 15) is 4.79 Å². The molecule has 0 unspecified atom stereocenters. The minimum absolute atomic E-state index is 0.00191. The molecule has 0 aliphatic heterocycles. The molecule has 0 fully saturated rings. The number of benzene rings is 1. The molecular formula is C13H16N4O2S. The number of methoxy groups -OCH3 is 1. The second-order valence-electron chi connectivity index (χ2n) is 3.98. The molecule has 0 saturated heterocycles. The third kappa shape index (κ3) is 4.58. The van der Waals surface area contributed by atoms with Crippen LogP contribution >= 0.6 is 11.8 Å².